The van der Waals surface area contributed by atoms with Gasteiger partial charge in [0.2, 0.25) is 0 Å². The number of aryl methyl sites for hydroxylation is 2. The van der Waals surface area contributed by atoms with Crippen molar-refractivity contribution in [3.05, 3.63) is 53.1 Å². The van der Waals surface area contributed by atoms with Gasteiger partial charge in [-0.2, -0.15) is 0 Å². The van der Waals surface area contributed by atoms with Crippen molar-refractivity contribution >= 4 is 0 Å². The van der Waals surface area contributed by atoms with Gasteiger partial charge in [0.25, 0.3) is 0 Å². The molecule has 0 aliphatic carbocycles. The molecule has 19 heavy (non-hydrogen) atoms. The average molecular weight is 258 g/mol. The van der Waals surface area contributed by atoms with E-state index in [1.807, 2.05) is 19.9 Å². The fourth-order valence-corrected chi connectivity index (χ4v) is 2.25. The molecular formula is C14H18N4O. The molecule has 1 aromatic heterocycles. The van der Waals surface area contributed by atoms with Crippen molar-refractivity contribution in [2.75, 3.05) is 7.11 Å². The van der Waals surface area contributed by atoms with Gasteiger partial charge < -0.3 is 4.74 Å². The minimum atomic E-state index is -0.246. The maximum Gasteiger partial charge on any atom is 0.124 e. The number of benzene rings is 1. The quantitative estimate of drug-likeness (QED) is 0.644. The highest BCUT2D eigenvalue weighted by atomic mass is 16.5. The Labute approximate surface area is 112 Å². The third-order valence-electron chi connectivity index (χ3n) is 3.05. The van der Waals surface area contributed by atoms with Gasteiger partial charge in [-0.05, 0) is 31.0 Å². The lowest BCUT2D eigenvalue weighted by molar-refractivity contribution is 0.402. The molecule has 0 aliphatic heterocycles. The van der Waals surface area contributed by atoms with Crippen LogP contribution in [-0.2, 0) is 0 Å². The van der Waals surface area contributed by atoms with Gasteiger partial charge in [-0.3, -0.25) is 15.8 Å². The van der Waals surface area contributed by atoms with Crippen LogP contribution in [0.15, 0.2) is 30.7 Å². The van der Waals surface area contributed by atoms with E-state index < -0.39 is 0 Å². The Kier molecular flexibility index (Phi) is 4.09. The summed E-state index contributed by atoms with van der Waals surface area (Å²) < 4.78 is 5.47. The van der Waals surface area contributed by atoms with Gasteiger partial charge in [-0.1, -0.05) is 6.07 Å². The van der Waals surface area contributed by atoms with E-state index in [1.165, 1.54) is 0 Å². The van der Waals surface area contributed by atoms with Crippen LogP contribution in [0.3, 0.4) is 0 Å². The van der Waals surface area contributed by atoms with Crippen LogP contribution in [0, 0.1) is 13.8 Å². The van der Waals surface area contributed by atoms with Crippen molar-refractivity contribution in [1.82, 2.24) is 15.4 Å². The van der Waals surface area contributed by atoms with E-state index in [0.29, 0.717) is 0 Å². The average Bonchev–Trinajstić information content (AvgIpc) is 2.42. The normalized spacial score (nSPS) is 12.2. The number of nitrogens with two attached hydrogens (primary N) is 1. The second-order valence-corrected chi connectivity index (χ2v) is 4.43. The van der Waals surface area contributed by atoms with E-state index in [2.05, 4.69) is 21.5 Å². The molecule has 5 nitrogen and oxygen atoms in total. The smallest absolute Gasteiger partial charge is 0.124 e. The molecule has 0 spiro atoms. The minimum absolute atomic E-state index is 0.246. The Balaban J connectivity index is 2.55. The van der Waals surface area contributed by atoms with Crippen LogP contribution >= 0.6 is 0 Å². The van der Waals surface area contributed by atoms with E-state index in [-0.39, 0.29) is 6.04 Å². The standard InChI is InChI=1S/C14H18N4O/c1-9-6-10(2)13(12(7-9)19-3)14(18-15)11-8-16-4-5-17-11/h4-8,14,18H,15H2,1-3H3. The highest BCUT2D eigenvalue weighted by Gasteiger charge is 2.21. The first kappa shape index (κ1) is 13.5. The second kappa shape index (κ2) is 5.77. The molecular weight excluding hydrogens is 240 g/mol. The summed E-state index contributed by atoms with van der Waals surface area (Å²) in [6.07, 6.45) is 4.98. The number of hydrazine groups is 1. The Morgan fingerprint density at radius 3 is 2.63 bits per heavy atom. The summed E-state index contributed by atoms with van der Waals surface area (Å²) in [6, 6.07) is 3.84. The van der Waals surface area contributed by atoms with Crippen LogP contribution in [0.4, 0.5) is 0 Å². The number of nitrogens with zero attached hydrogens (tertiary/aromatic N) is 2. The summed E-state index contributed by atoms with van der Waals surface area (Å²) in [5.74, 6) is 6.49. The van der Waals surface area contributed by atoms with Gasteiger partial charge in [0, 0.05) is 18.0 Å². The first-order valence-electron chi connectivity index (χ1n) is 6.04. The van der Waals surface area contributed by atoms with Gasteiger partial charge in [0.05, 0.1) is 25.0 Å². The summed E-state index contributed by atoms with van der Waals surface area (Å²) in [7, 11) is 1.65. The summed E-state index contributed by atoms with van der Waals surface area (Å²) in [5.41, 5.74) is 6.78. The summed E-state index contributed by atoms with van der Waals surface area (Å²) in [6.45, 7) is 4.07. The van der Waals surface area contributed by atoms with Gasteiger partial charge in [-0.15, -0.1) is 0 Å². The topological polar surface area (TPSA) is 73.1 Å². The lowest BCUT2D eigenvalue weighted by Gasteiger charge is -2.21. The number of hydrogen-bond donors (Lipinski definition) is 2. The molecule has 100 valence electrons. The predicted octanol–water partition coefficient (Wildman–Crippen LogP) is 1.65. The van der Waals surface area contributed by atoms with Crippen LogP contribution in [-0.4, -0.2) is 17.1 Å². The Morgan fingerprint density at radius 2 is 2.05 bits per heavy atom. The number of methoxy groups -OCH3 is 1. The Morgan fingerprint density at radius 1 is 1.26 bits per heavy atom. The van der Waals surface area contributed by atoms with E-state index >= 15 is 0 Å². The van der Waals surface area contributed by atoms with Crippen LogP contribution in [0.1, 0.15) is 28.4 Å². The van der Waals surface area contributed by atoms with Crippen molar-refractivity contribution in [2.24, 2.45) is 5.84 Å². The van der Waals surface area contributed by atoms with Gasteiger partial charge >= 0.3 is 0 Å². The van der Waals surface area contributed by atoms with Crippen LogP contribution in [0.5, 0.6) is 5.75 Å². The zero-order valence-electron chi connectivity index (χ0n) is 11.3. The van der Waals surface area contributed by atoms with Gasteiger partial charge in [0.1, 0.15) is 5.75 Å². The maximum atomic E-state index is 5.69. The molecule has 5 heteroatoms. The van der Waals surface area contributed by atoms with E-state index in [4.69, 9.17) is 10.6 Å². The van der Waals surface area contributed by atoms with Crippen molar-refractivity contribution in [1.29, 1.82) is 0 Å². The van der Waals surface area contributed by atoms with Crippen LogP contribution in [0.25, 0.3) is 0 Å². The monoisotopic (exact) mass is 258 g/mol. The highest BCUT2D eigenvalue weighted by molar-refractivity contribution is 5.47. The van der Waals surface area contributed by atoms with Crippen LogP contribution in [0.2, 0.25) is 0 Å². The van der Waals surface area contributed by atoms with Crippen molar-refractivity contribution < 1.29 is 4.74 Å². The molecule has 0 fully saturated rings. The molecule has 2 rings (SSSR count). The SMILES string of the molecule is COc1cc(C)cc(C)c1C(NN)c1cnccn1. The first-order valence-corrected chi connectivity index (χ1v) is 6.04. The third kappa shape index (κ3) is 2.72. The maximum absolute atomic E-state index is 5.69. The molecule has 1 atom stereocenters. The molecule has 1 heterocycles. The lowest BCUT2D eigenvalue weighted by Crippen LogP contribution is -2.30. The Hall–Kier alpha value is -1.98. The molecule has 0 bridgehead atoms. The Bertz CT molecular complexity index is 557. The molecule has 0 saturated heterocycles. The molecule has 0 amide bonds. The van der Waals surface area contributed by atoms with Crippen LogP contribution < -0.4 is 16.0 Å². The fraction of sp³-hybridized carbons (Fsp3) is 0.286. The van der Waals surface area contributed by atoms with Crippen molar-refractivity contribution in [3.8, 4) is 5.75 Å². The highest BCUT2D eigenvalue weighted by Crippen LogP contribution is 2.32. The zero-order valence-corrected chi connectivity index (χ0v) is 11.3. The molecule has 1 unspecified atom stereocenters. The summed E-state index contributed by atoms with van der Waals surface area (Å²) in [5, 5.41) is 0. The second-order valence-electron chi connectivity index (χ2n) is 4.43. The van der Waals surface area contributed by atoms with E-state index in [0.717, 1.165) is 28.1 Å². The molecule has 3 N–H and O–H groups in total. The molecule has 0 saturated carbocycles. The first-order chi connectivity index (χ1) is 9.17. The van der Waals surface area contributed by atoms with Gasteiger partial charge in [0.15, 0.2) is 0 Å². The van der Waals surface area contributed by atoms with Gasteiger partial charge in [-0.25, -0.2) is 5.43 Å². The molecule has 0 aliphatic rings. The number of ether oxygens (including phenoxy) is 1. The molecule has 0 radical (unpaired) electrons. The van der Waals surface area contributed by atoms with E-state index in [1.54, 1.807) is 25.7 Å². The number of rotatable bonds is 4. The minimum Gasteiger partial charge on any atom is -0.496 e. The lowest BCUT2D eigenvalue weighted by atomic mass is 9.96. The predicted molar refractivity (Wildman–Crippen MR) is 73.7 cm³/mol. The summed E-state index contributed by atoms with van der Waals surface area (Å²) in [4.78, 5) is 8.39. The number of hydrogen-bond acceptors (Lipinski definition) is 5. The number of aromatic nitrogens is 2. The zero-order chi connectivity index (χ0) is 13.8. The van der Waals surface area contributed by atoms with Crippen molar-refractivity contribution in [2.45, 2.75) is 19.9 Å². The number of nitrogens with one attached hydrogen (secondary N) is 1. The third-order valence-corrected chi connectivity index (χ3v) is 3.05. The van der Waals surface area contributed by atoms with Crippen molar-refractivity contribution in [3.63, 3.8) is 0 Å². The summed E-state index contributed by atoms with van der Waals surface area (Å²) >= 11 is 0. The molecule has 2 aromatic rings. The fourth-order valence-electron chi connectivity index (χ4n) is 2.25. The molecule has 1 aromatic carbocycles. The largest absolute Gasteiger partial charge is 0.496 e. The van der Waals surface area contributed by atoms with E-state index in [9.17, 15) is 0 Å².